The van der Waals surface area contributed by atoms with Crippen molar-refractivity contribution in [2.24, 2.45) is 4.99 Å². The van der Waals surface area contributed by atoms with E-state index in [0.717, 1.165) is 61.8 Å². The number of benzene rings is 1. The number of aryl methyl sites for hydroxylation is 1. The van der Waals surface area contributed by atoms with Crippen LogP contribution in [0.4, 0.5) is 5.13 Å². The predicted octanol–water partition coefficient (Wildman–Crippen LogP) is 3.01. The minimum atomic E-state index is 0. The highest BCUT2D eigenvalue weighted by atomic mass is 127. The average molecular weight is 516 g/mol. The molecule has 1 fully saturated rings. The summed E-state index contributed by atoms with van der Waals surface area (Å²) in [5, 5.41) is 4.50. The smallest absolute Gasteiger partial charge is 0.205 e. The molecule has 0 bridgehead atoms. The Morgan fingerprint density at radius 1 is 1.25 bits per heavy atom. The third-order valence-electron chi connectivity index (χ3n) is 4.50. The van der Waals surface area contributed by atoms with Gasteiger partial charge in [0.15, 0.2) is 5.96 Å². The third-order valence-corrected chi connectivity index (χ3v) is 5.31. The van der Waals surface area contributed by atoms with Crippen LogP contribution in [0, 0.1) is 0 Å². The van der Waals surface area contributed by atoms with Gasteiger partial charge in [-0.15, -0.1) is 24.0 Å². The Hall–Kier alpha value is -1.62. The molecule has 9 heteroatoms. The summed E-state index contributed by atoms with van der Waals surface area (Å²) in [6.07, 6.45) is 0.886. The molecule has 154 valence electrons. The molecule has 3 rings (SSSR count). The van der Waals surface area contributed by atoms with Crippen LogP contribution < -0.4 is 15.0 Å². The summed E-state index contributed by atoms with van der Waals surface area (Å²) in [7, 11) is 1.84. The summed E-state index contributed by atoms with van der Waals surface area (Å²) >= 11 is 1.50. The molecule has 1 aromatic heterocycles. The lowest BCUT2D eigenvalue weighted by molar-refractivity contribution is 0.340. The van der Waals surface area contributed by atoms with E-state index in [2.05, 4.69) is 48.5 Å². The summed E-state index contributed by atoms with van der Waals surface area (Å²) in [6.45, 7) is 9.18. The highest BCUT2D eigenvalue weighted by molar-refractivity contribution is 14.0. The molecule has 0 amide bonds. The van der Waals surface area contributed by atoms with Crippen LogP contribution in [0.3, 0.4) is 0 Å². The van der Waals surface area contributed by atoms with Crippen LogP contribution in [0.5, 0.6) is 5.75 Å². The molecule has 0 unspecified atom stereocenters. The molecule has 0 atom stereocenters. The number of nitrogens with one attached hydrogen (secondary N) is 1. The van der Waals surface area contributed by atoms with Crippen LogP contribution in [-0.4, -0.2) is 60.1 Å². The van der Waals surface area contributed by atoms with Gasteiger partial charge in [0.25, 0.3) is 0 Å². The van der Waals surface area contributed by atoms with Gasteiger partial charge in [-0.25, -0.2) is 4.98 Å². The van der Waals surface area contributed by atoms with E-state index >= 15 is 0 Å². The maximum atomic E-state index is 5.58. The number of hydrogen-bond acceptors (Lipinski definition) is 6. The van der Waals surface area contributed by atoms with E-state index in [1.807, 2.05) is 26.1 Å². The number of anilines is 1. The molecule has 1 aliphatic heterocycles. The molecule has 2 aromatic rings. The second-order valence-electron chi connectivity index (χ2n) is 6.30. The van der Waals surface area contributed by atoms with Gasteiger partial charge in [0.1, 0.15) is 11.6 Å². The zero-order valence-electron chi connectivity index (χ0n) is 16.7. The Bertz CT molecular complexity index is 760. The number of nitrogens with zero attached hydrogens (tertiary/aromatic N) is 5. The van der Waals surface area contributed by atoms with Gasteiger partial charge in [-0.3, -0.25) is 4.99 Å². The maximum Gasteiger partial charge on any atom is 0.205 e. The first-order valence-corrected chi connectivity index (χ1v) is 10.3. The van der Waals surface area contributed by atoms with Gasteiger partial charge in [-0.05, 0) is 24.6 Å². The third kappa shape index (κ3) is 5.94. The SMILES string of the molecule is CCOc1cccc(CNC(=NC)N2CCN(c3nc(CC)ns3)CC2)c1.I. The second kappa shape index (κ2) is 11.4. The van der Waals surface area contributed by atoms with Crippen molar-refractivity contribution in [2.75, 3.05) is 44.7 Å². The molecular formula is C19H29IN6OS. The molecule has 28 heavy (non-hydrogen) atoms. The van der Waals surface area contributed by atoms with E-state index in [-0.39, 0.29) is 24.0 Å². The molecular weight excluding hydrogens is 487 g/mol. The van der Waals surface area contributed by atoms with E-state index in [0.29, 0.717) is 6.61 Å². The highest BCUT2D eigenvalue weighted by Gasteiger charge is 2.21. The molecule has 2 heterocycles. The number of guanidine groups is 1. The van der Waals surface area contributed by atoms with Crippen LogP contribution in [0.2, 0.25) is 0 Å². The Kier molecular flexibility index (Phi) is 9.23. The fraction of sp³-hybridized carbons (Fsp3) is 0.526. The van der Waals surface area contributed by atoms with Gasteiger partial charge in [-0.2, -0.15) is 4.37 Å². The van der Waals surface area contributed by atoms with Crippen molar-refractivity contribution in [2.45, 2.75) is 26.8 Å². The fourth-order valence-corrected chi connectivity index (χ4v) is 3.85. The summed E-state index contributed by atoms with van der Waals surface area (Å²) in [6, 6.07) is 8.18. The Labute approximate surface area is 188 Å². The van der Waals surface area contributed by atoms with E-state index < -0.39 is 0 Å². The van der Waals surface area contributed by atoms with Crippen molar-refractivity contribution in [1.82, 2.24) is 19.6 Å². The molecule has 1 aliphatic rings. The van der Waals surface area contributed by atoms with Gasteiger partial charge in [0.2, 0.25) is 5.13 Å². The fourth-order valence-electron chi connectivity index (χ4n) is 3.05. The molecule has 7 nitrogen and oxygen atoms in total. The van der Waals surface area contributed by atoms with Crippen LogP contribution in [0.25, 0.3) is 0 Å². The molecule has 1 saturated heterocycles. The normalized spacial score (nSPS) is 14.6. The minimum Gasteiger partial charge on any atom is -0.494 e. The molecule has 0 radical (unpaired) electrons. The highest BCUT2D eigenvalue weighted by Crippen LogP contribution is 2.19. The van der Waals surface area contributed by atoms with Crippen LogP contribution in [0.15, 0.2) is 29.3 Å². The Morgan fingerprint density at radius 2 is 2.04 bits per heavy atom. The summed E-state index contributed by atoms with van der Waals surface area (Å²) < 4.78 is 9.97. The first kappa shape index (κ1) is 22.7. The van der Waals surface area contributed by atoms with Crippen molar-refractivity contribution in [3.05, 3.63) is 35.7 Å². The molecule has 1 aromatic carbocycles. The topological polar surface area (TPSA) is 65.9 Å². The molecule has 0 aliphatic carbocycles. The van der Waals surface area contributed by atoms with Gasteiger partial charge >= 0.3 is 0 Å². The van der Waals surface area contributed by atoms with Crippen LogP contribution >= 0.6 is 35.5 Å². The van der Waals surface area contributed by atoms with Crippen LogP contribution in [0.1, 0.15) is 25.2 Å². The minimum absolute atomic E-state index is 0. The van der Waals surface area contributed by atoms with Gasteiger partial charge < -0.3 is 19.9 Å². The Morgan fingerprint density at radius 3 is 2.68 bits per heavy atom. The van der Waals surface area contributed by atoms with Gasteiger partial charge in [-0.1, -0.05) is 19.1 Å². The number of halogens is 1. The lowest BCUT2D eigenvalue weighted by Crippen LogP contribution is -2.52. The van der Waals surface area contributed by atoms with Crippen molar-refractivity contribution >= 4 is 46.6 Å². The summed E-state index contributed by atoms with van der Waals surface area (Å²) in [4.78, 5) is 13.7. The van der Waals surface area contributed by atoms with E-state index in [1.54, 1.807) is 0 Å². The van der Waals surface area contributed by atoms with E-state index in [1.165, 1.54) is 17.1 Å². The van der Waals surface area contributed by atoms with Crippen molar-refractivity contribution in [3.8, 4) is 5.75 Å². The molecule has 1 N–H and O–H groups in total. The van der Waals surface area contributed by atoms with Crippen LogP contribution in [-0.2, 0) is 13.0 Å². The predicted molar refractivity (Wildman–Crippen MR) is 126 cm³/mol. The zero-order chi connectivity index (χ0) is 19.1. The summed E-state index contributed by atoms with van der Waals surface area (Å²) in [5.74, 6) is 2.77. The number of piperazine rings is 1. The van der Waals surface area contributed by atoms with Gasteiger partial charge in [0.05, 0.1) is 6.61 Å². The summed E-state index contributed by atoms with van der Waals surface area (Å²) in [5.41, 5.74) is 1.18. The number of ether oxygens (including phenoxy) is 1. The standard InChI is InChI=1S/C19H28N6OS.HI/c1-4-17-22-19(27-23-17)25-11-9-24(10-12-25)18(20-3)21-14-15-7-6-8-16(13-15)26-5-2;/h6-8,13H,4-5,9-12,14H2,1-3H3,(H,20,21);1H. The second-order valence-corrected chi connectivity index (χ2v) is 7.03. The average Bonchev–Trinajstić information content (AvgIpc) is 3.19. The maximum absolute atomic E-state index is 5.58. The largest absolute Gasteiger partial charge is 0.494 e. The zero-order valence-corrected chi connectivity index (χ0v) is 19.9. The van der Waals surface area contributed by atoms with Crippen molar-refractivity contribution < 1.29 is 4.74 Å². The first-order valence-electron chi connectivity index (χ1n) is 9.48. The lowest BCUT2D eigenvalue weighted by Gasteiger charge is -2.36. The monoisotopic (exact) mass is 516 g/mol. The lowest BCUT2D eigenvalue weighted by atomic mass is 10.2. The number of aliphatic imine (C=N–C) groups is 1. The van der Waals surface area contributed by atoms with E-state index in [4.69, 9.17) is 4.74 Å². The quantitative estimate of drug-likeness (QED) is 0.362. The van der Waals surface area contributed by atoms with Crippen molar-refractivity contribution in [1.29, 1.82) is 0 Å². The molecule has 0 saturated carbocycles. The Balaban J connectivity index is 0.00000280. The molecule has 0 spiro atoms. The first-order chi connectivity index (χ1) is 13.2. The van der Waals surface area contributed by atoms with Crippen molar-refractivity contribution in [3.63, 3.8) is 0 Å². The number of rotatable bonds is 6. The number of aromatic nitrogens is 2. The van der Waals surface area contributed by atoms with E-state index in [9.17, 15) is 0 Å². The number of hydrogen-bond donors (Lipinski definition) is 1. The van der Waals surface area contributed by atoms with Gasteiger partial charge in [0, 0.05) is 57.7 Å².